The van der Waals surface area contributed by atoms with Gasteiger partial charge in [0.1, 0.15) is 0 Å². The number of thiazole rings is 1. The van der Waals surface area contributed by atoms with Crippen LogP contribution in [0.4, 0.5) is 5.13 Å². The van der Waals surface area contributed by atoms with Crippen LogP contribution in [0.5, 0.6) is 0 Å². The fourth-order valence-electron chi connectivity index (χ4n) is 1.75. The van der Waals surface area contributed by atoms with E-state index in [9.17, 15) is 0 Å². The zero-order valence-electron chi connectivity index (χ0n) is 10.2. The fourth-order valence-corrected chi connectivity index (χ4v) is 3.11. The summed E-state index contributed by atoms with van der Waals surface area (Å²) in [6, 6.07) is 5.54. The third kappa shape index (κ3) is 2.97. The topological polar surface area (TPSA) is 38.9 Å². The standard InChI is InChI=1S/C13H14Cl2N2S/c1-7(2)5-11-12(17-13(16)18-11)8-3-4-9(14)10(15)6-8/h3-4,6-7H,5H2,1-2H3,(H2,16,17). The molecule has 1 heterocycles. The molecule has 0 saturated heterocycles. The summed E-state index contributed by atoms with van der Waals surface area (Å²) < 4.78 is 0. The number of nitrogens with zero attached hydrogens (tertiary/aromatic N) is 1. The Kier molecular flexibility index (Phi) is 4.15. The molecule has 2 aromatic rings. The zero-order chi connectivity index (χ0) is 13.3. The van der Waals surface area contributed by atoms with Gasteiger partial charge in [-0.05, 0) is 24.5 Å². The van der Waals surface area contributed by atoms with E-state index in [1.165, 1.54) is 16.2 Å². The molecule has 2 nitrogen and oxygen atoms in total. The van der Waals surface area contributed by atoms with Crippen LogP contribution in [0.25, 0.3) is 11.3 Å². The molecule has 1 aromatic heterocycles. The molecule has 2 rings (SSSR count). The maximum Gasteiger partial charge on any atom is 0.180 e. The summed E-state index contributed by atoms with van der Waals surface area (Å²) in [4.78, 5) is 5.59. The van der Waals surface area contributed by atoms with Crippen LogP contribution < -0.4 is 5.73 Å². The molecule has 0 saturated carbocycles. The number of nitrogen functional groups attached to an aromatic ring is 1. The lowest BCUT2D eigenvalue weighted by atomic mass is 10.0. The minimum atomic E-state index is 0.538. The molecule has 0 spiro atoms. The van der Waals surface area contributed by atoms with Crippen molar-refractivity contribution in [3.05, 3.63) is 33.1 Å². The Morgan fingerprint density at radius 1 is 1.28 bits per heavy atom. The molecular formula is C13H14Cl2N2S. The Labute approximate surface area is 121 Å². The molecule has 5 heteroatoms. The summed E-state index contributed by atoms with van der Waals surface area (Å²) in [7, 11) is 0. The Morgan fingerprint density at radius 3 is 2.61 bits per heavy atom. The average Bonchev–Trinajstić information content (AvgIpc) is 2.62. The highest BCUT2D eigenvalue weighted by atomic mass is 35.5. The molecule has 0 radical (unpaired) electrons. The Balaban J connectivity index is 2.45. The lowest BCUT2D eigenvalue weighted by Crippen LogP contribution is -1.93. The second-order valence-corrected chi connectivity index (χ2v) is 6.48. The molecule has 96 valence electrons. The van der Waals surface area contributed by atoms with Gasteiger partial charge < -0.3 is 5.73 Å². The van der Waals surface area contributed by atoms with Gasteiger partial charge in [-0.3, -0.25) is 0 Å². The number of halogens is 2. The third-order valence-corrected chi connectivity index (χ3v) is 4.15. The van der Waals surface area contributed by atoms with Crippen LogP contribution in [0, 0.1) is 5.92 Å². The summed E-state index contributed by atoms with van der Waals surface area (Å²) in [5.74, 6) is 0.561. The van der Waals surface area contributed by atoms with Crippen molar-refractivity contribution in [2.75, 3.05) is 5.73 Å². The van der Waals surface area contributed by atoms with Gasteiger partial charge in [-0.1, -0.05) is 43.1 Å². The minimum Gasteiger partial charge on any atom is -0.375 e. The number of hydrogen-bond acceptors (Lipinski definition) is 3. The van der Waals surface area contributed by atoms with Gasteiger partial charge in [-0.25, -0.2) is 4.98 Å². The maximum absolute atomic E-state index is 6.04. The predicted molar refractivity (Wildman–Crippen MR) is 80.5 cm³/mol. The van der Waals surface area contributed by atoms with Crippen molar-refractivity contribution >= 4 is 39.7 Å². The van der Waals surface area contributed by atoms with Crippen LogP contribution in [0.3, 0.4) is 0 Å². The molecule has 1 aromatic carbocycles. The van der Waals surface area contributed by atoms with Crippen molar-refractivity contribution in [1.82, 2.24) is 4.98 Å². The fraction of sp³-hybridized carbons (Fsp3) is 0.308. The predicted octanol–water partition coefficient (Wildman–Crippen LogP) is 4.90. The zero-order valence-corrected chi connectivity index (χ0v) is 12.5. The lowest BCUT2D eigenvalue weighted by Gasteiger charge is -2.06. The normalized spacial score (nSPS) is 11.2. The van der Waals surface area contributed by atoms with Gasteiger partial charge >= 0.3 is 0 Å². The molecule has 0 aliphatic rings. The first kappa shape index (κ1) is 13.7. The smallest absolute Gasteiger partial charge is 0.180 e. The number of rotatable bonds is 3. The van der Waals surface area contributed by atoms with Crippen molar-refractivity contribution in [2.45, 2.75) is 20.3 Å². The third-order valence-electron chi connectivity index (χ3n) is 2.50. The van der Waals surface area contributed by atoms with Crippen molar-refractivity contribution in [3.8, 4) is 11.3 Å². The second kappa shape index (κ2) is 5.47. The first-order valence-corrected chi connectivity index (χ1v) is 7.25. The van der Waals surface area contributed by atoms with Crippen LogP contribution in [0.15, 0.2) is 18.2 Å². The van der Waals surface area contributed by atoms with E-state index in [0.717, 1.165) is 17.7 Å². The highest BCUT2D eigenvalue weighted by Crippen LogP contribution is 2.34. The quantitative estimate of drug-likeness (QED) is 0.876. The molecule has 0 atom stereocenters. The van der Waals surface area contributed by atoms with E-state index in [1.807, 2.05) is 12.1 Å². The summed E-state index contributed by atoms with van der Waals surface area (Å²) >= 11 is 13.5. The second-order valence-electron chi connectivity index (χ2n) is 4.55. The molecule has 0 amide bonds. The van der Waals surface area contributed by atoms with E-state index >= 15 is 0 Å². The molecule has 18 heavy (non-hydrogen) atoms. The van der Waals surface area contributed by atoms with Gasteiger partial charge in [-0.2, -0.15) is 0 Å². The summed E-state index contributed by atoms with van der Waals surface area (Å²) in [5.41, 5.74) is 7.70. The summed E-state index contributed by atoms with van der Waals surface area (Å²) in [5, 5.41) is 1.68. The van der Waals surface area contributed by atoms with E-state index in [2.05, 4.69) is 18.8 Å². The van der Waals surface area contributed by atoms with E-state index in [1.54, 1.807) is 6.07 Å². The molecular weight excluding hydrogens is 287 g/mol. The molecule has 0 unspecified atom stereocenters. The van der Waals surface area contributed by atoms with Gasteiger partial charge in [0.05, 0.1) is 15.7 Å². The Morgan fingerprint density at radius 2 is 2.00 bits per heavy atom. The number of aromatic nitrogens is 1. The van der Waals surface area contributed by atoms with Gasteiger partial charge in [0.15, 0.2) is 5.13 Å². The highest BCUT2D eigenvalue weighted by molar-refractivity contribution is 7.15. The van der Waals surface area contributed by atoms with Gasteiger partial charge in [0.25, 0.3) is 0 Å². The van der Waals surface area contributed by atoms with Gasteiger partial charge in [0.2, 0.25) is 0 Å². The van der Waals surface area contributed by atoms with E-state index in [4.69, 9.17) is 28.9 Å². The first-order valence-electron chi connectivity index (χ1n) is 5.68. The van der Waals surface area contributed by atoms with E-state index in [0.29, 0.717) is 21.1 Å². The molecule has 0 bridgehead atoms. The van der Waals surface area contributed by atoms with Crippen molar-refractivity contribution in [3.63, 3.8) is 0 Å². The van der Waals surface area contributed by atoms with Crippen molar-refractivity contribution in [2.24, 2.45) is 5.92 Å². The molecule has 0 aliphatic carbocycles. The van der Waals surface area contributed by atoms with Crippen molar-refractivity contribution < 1.29 is 0 Å². The van der Waals surface area contributed by atoms with Crippen LogP contribution in [-0.4, -0.2) is 4.98 Å². The van der Waals surface area contributed by atoms with Crippen LogP contribution in [0.1, 0.15) is 18.7 Å². The average molecular weight is 301 g/mol. The number of benzene rings is 1. The highest BCUT2D eigenvalue weighted by Gasteiger charge is 2.14. The number of hydrogen-bond donors (Lipinski definition) is 1. The molecule has 2 N–H and O–H groups in total. The van der Waals surface area contributed by atoms with Gasteiger partial charge in [-0.15, -0.1) is 11.3 Å². The summed E-state index contributed by atoms with van der Waals surface area (Å²) in [6.45, 7) is 4.35. The van der Waals surface area contributed by atoms with Crippen LogP contribution >= 0.6 is 34.5 Å². The van der Waals surface area contributed by atoms with Crippen LogP contribution in [-0.2, 0) is 6.42 Å². The summed E-state index contributed by atoms with van der Waals surface area (Å²) in [6.07, 6.45) is 0.963. The van der Waals surface area contributed by atoms with Gasteiger partial charge in [0, 0.05) is 10.4 Å². The number of nitrogens with two attached hydrogens (primary N) is 1. The largest absolute Gasteiger partial charge is 0.375 e. The Bertz CT molecular complexity index is 564. The molecule has 0 fully saturated rings. The minimum absolute atomic E-state index is 0.538. The lowest BCUT2D eigenvalue weighted by molar-refractivity contribution is 0.654. The van der Waals surface area contributed by atoms with Crippen LogP contribution in [0.2, 0.25) is 10.0 Å². The SMILES string of the molecule is CC(C)Cc1sc(N)nc1-c1ccc(Cl)c(Cl)c1. The van der Waals surface area contributed by atoms with E-state index in [-0.39, 0.29) is 0 Å². The molecule has 0 aliphatic heterocycles. The monoisotopic (exact) mass is 300 g/mol. The number of anilines is 1. The first-order chi connectivity index (χ1) is 8.47. The maximum atomic E-state index is 6.04. The Hall–Kier alpha value is -0.770. The van der Waals surface area contributed by atoms with Crippen molar-refractivity contribution in [1.29, 1.82) is 0 Å². The van der Waals surface area contributed by atoms with E-state index < -0.39 is 0 Å².